The number of piperidine rings is 1. The number of hydrogen-bond acceptors (Lipinski definition) is 10. The number of ether oxygens (including phenoxy) is 1. The minimum absolute atomic E-state index is 0.134. The summed E-state index contributed by atoms with van der Waals surface area (Å²) in [5.74, 6) is 1.30. The second kappa shape index (κ2) is 14.9. The normalized spacial score (nSPS) is 16.5. The summed E-state index contributed by atoms with van der Waals surface area (Å²) in [7, 11) is 3.36. The number of benzene rings is 2. The molecule has 2 fully saturated rings. The fourth-order valence-corrected chi connectivity index (χ4v) is 6.12. The van der Waals surface area contributed by atoms with E-state index in [0.717, 1.165) is 75.7 Å². The summed E-state index contributed by atoms with van der Waals surface area (Å²) in [5.41, 5.74) is 3.24. The van der Waals surface area contributed by atoms with Gasteiger partial charge in [0.15, 0.2) is 5.82 Å². The number of anilines is 6. The van der Waals surface area contributed by atoms with E-state index in [4.69, 9.17) is 21.4 Å². The van der Waals surface area contributed by atoms with Crippen molar-refractivity contribution in [3.8, 4) is 5.75 Å². The first-order valence-electron chi connectivity index (χ1n) is 14.6. The summed E-state index contributed by atoms with van der Waals surface area (Å²) in [4.78, 5) is 26.9. The number of carboxylic acid groups (broad SMARTS) is 1. The SMILES string of the molecule is COc1cc(N2CCN(CC3CCN(CC(=O)O)CC3)CC2)ccc1Nc1ncc(Cl)c(Nc2ccccc2N(C)[SH]=O)n1. The maximum absolute atomic E-state index is 11.4. The Morgan fingerprint density at radius 1 is 1.07 bits per heavy atom. The van der Waals surface area contributed by atoms with Gasteiger partial charge in [-0.1, -0.05) is 23.7 Å². The highest BCUT2D eigenvalue weighted by atomic mass is 35.5. The zero-order chi connectivity index (χ0) is 31.1. The van der Waals surface area contributed by atoms with Gasteiger partial charge < -0.3 is 25.4 Å². The number of piperazine rings is 1. The highest BCUT2D eigenvalue weighted by molar-refractivity contribution is 7.67. The third-order valence-electron chi connectivity index (χ3n) is 8.12. The van der Waals surface area contributed by atoms with Crippen LogP contribution in [-0.2, 0) is 16.6 Å². The van der Waals surface area contributed by atoms with Crippen LogP contribution in [-0.4, -0.2) is 102 Å². The van der Waals surface area contributed by atoms with Gasteiger partial charge in [-0.25, -0.2) is 9.19 Å². The number of aliphatic carboxylic acids is 1. The summed E-state index contributed by atoms with van der Waals surface area (Å²) in [5, 5.41) is 15.9. The second-order valence-corrected chi connectivity index (χ2v) is 12.2. The lowest BCUT2D eigenvalue weighted by molar-refractivity contribution is -0.138. The van der Waals surface area contributed by atoms with Gasteiger partial charge in [0.2, 0.25) is 5.95 Å². The molecule has 3 N–H and O–H groups in total. The lowest BCUT2D eigenvalue weighted by Crippen LogP contribution is -2.49. The number of likely N-dealkylation sites (tertiary alicyclic amines) is 1. The van der Waals surface area contributed by atoms with Gasteiger partial charge in [-0.3, -0.25) is 18.9 Å². The molecule has 0 atom stereocenters. The largest absolute Gasteiger partial charge is 0.494 e. The summed E-state index contributed by atoms with van der Waals surface area (Å²) >= 11 is 6.29. The average Bonchev–Trinajstić information content (AvgIpc) is 3.04. The van der Waals surface area contributed by atoms with Crippen LogP contribution in [0, 0.1) is 5.92 Å². The minimum atomic E-state index is -0.746. The van der Waals surface area contributed by atoms with Crippen LogP contribution >= 0.6 is 11.6 Å². The van der Waals surface area contributed by atoms with Crippen molar-refractivity contribution in [2.75, 3.05) is 86.4 Å². The molecule has 2 aromatic carbocycles. The molecule has 0 bridgehead atoms. The Morgan fingerprint density at radius 3 is 2.52 bits per heavy atom. The van der Waals surface area contributed by atoms with Crippen molar-refractivity contribution >= 4 is 63.9 Å². The zero-order valence-corrected chi connectivity index (χ0v) is 26.6. The number of methoxy groups -OCH3 is 1. The highest BCUT2D eigenvalue weighted by Gasteiger charge is 2.25. The van der Waals surface area contributed by atoms with Gasteiger partial charge in [-0.05, 0) is 56.1 Å². The summed E-state index contributed by atoms with van der Waals surface area (Å²) in [6.07, 6.45) is 3.64. The molecule has 0 amide bonds. The number of nitrogens with zero attached hydrogens (tertiary/aromatic N) is 6. The van der Waals surface area contributed by atoms with Crippen molar-refractivity contribution in [1.82, 2.24) is 19.8 Å². The number of hydrogen-bond donors (Lipinski definition) is 4. The molecule has 0 unspecified atom stereocenters. The van der Waals surface area contributed by atoms with E-state index in [9.17, 15) is 9.00 Å². The fraction of sp³-hybridized carbons (Fsp3) is 0.433. The molecule has 3 heterocycles. The Balaban J connectivity index is 1.19. The van der Waals surface area contributed by atoms with Gasteiger partial charge in [0, 0.05) is 51.5 Å². The summed E-state index contributed by atoms with van der Waals surface area (Å²) < 4.78 is 18.7. The van der Waals surface area contributed by atoms with Crippen LogP contribution in [0.15, 0.2) is 48.7 Å². The van der Waals surface area contributed by atoms with E-state index in [1.165, 1.54) is 6.20 Å². The molecule has 14 heteroatoms. The standard InChI is InChI=1S/C30H39ClN8O4S/c1-36(44-42)26-6-4-3-5-24(26)33-29-23(31)18-32-30(35-29)34-25-8-7-22(17-27(25)43-2)39-15-13-38(14-16-39)19-21-9-11-37(12-10-21)20-28(40)41/h3-8,17-18,21,44H,9-16,19-20H2,1-2H3,(H,40,41)(H2,32,33,34,35). The second-order valence-electron chi connectivity index (χ2n) is 11.0. The lowest BCUT2D eigenvalue weighted by Gasteiger charge is -2.39. The number of nitrogens with one attached hydrogen (secondary N) is 2. The van der Waals surface area contributed by atoms with Gasteiger partial charge in [0.1, 0.15) is 22.6 Å². The molecule has 0 saturated carbocycles. The molecule has 12 nitrogen and oxygen atoms in total. The van der Waals surface area contributed by atoms with Crippen LogP contribution in [0.25, 0.3) is 0 Å². The van der Waals surface area contributed by atoms with Crippen LogP contribution in [0.1, 0.15) is 12.8 Å². The Bertz CT molecular complexity index is 1450. The molecule has 0 aliphatic carbocycles. The van der Waals surface area contributed by atoms with Crippen LogP contribution in [0.2, 0.25) is 5.02 Å². The predicted molar refractivity (Wildman–Crippen MR) is 176 cm³/mol. The Kier molecular flexibility index (Phi) is 10.7. The molecule has 1 aromatic heterocycles. The predicted octanol–water partition coefficient (Wildman–Crippen LogP) is 3.84. The van der Waals surface area contributed by atoms with Crippen molar-refractivity contribution in [3.05, 3.63) is 53.7 Å². The minimum Gasteiger partial charge on any atom is -0.494 e. The third kappa shape index (κ3) is 8.08. The molecule has 236 valence electrons. The van der Waals surface area contributed by atoms with E-state index in [1.54, 1.807) is 18.5 Å². The van der Waals surface area contributed by atoms with Gasteiger partial charge in [0.05, 0.1) is 36.9 Å². The molecule has 2 saturated heterocycles. The first-order valence-corrected chi connectivity index (χ1v) is 15.8. The van der Waals surface area contributed by atoms with Crippen molar-refractivity contribution in [1.29, 1.82) is 0 Å². The number of rotatable bonds is 12. The monoisotopic (exact) mass is 642 g/mol. The molecule has 5 rings (SSSR count). The van der Waals surface area contributed by atoms with E-state index in [2.05, 4.69) is 36.5 Å². The van der Waals surface area contributed by atoms with E-state index in [1.807, 2.05) is 41.3 Å². The number of halogens is 1. The van der Waals surface area contributed by atoms with E-state index in [-0.39, 0.29) is 18.4 Å². The molecule has 2 aliphatic rings. The van der Waals surface area contributed by atoms with E-state index in [0.29, 0.717) is 34.1 Å². The number of aromatic nitrogens is 2. The average molecular weight is 643 g/mol. The molecular weight excluding hydrogens is 604 g/mol. The zero-order valence-electron chi connectivity index (χ0n) is 24.9. The Hall–Kier alpha value is -3.65. The van der Waals surface area contributed by atoms with Crippen molar-refractivity contribution < 1.29 is 18.8 Å². The first-order chi connectivity index (χ1) is 21.3. The smallest absolute Gasteiger partial charge is 0.317 e. The third-order valence-corrected chi connectivity index (χ3v) is 8.86. The lowest BCUT2D eigenvalue weighted by atomic mass is 9.96. The Morgan fingerprint density at radius 2 is 1.82 bits per heavy atom. The van der Waals surface area contributed by atoms with Crippen LogP contribution in [0.4, 0.5) is 34.5 Å². The Labute approximate surface area is 266 Å². The molecule has 0 radical (unpaired) electrons. The molecule has 0 spiro atoms. The number of carboxylic acids is 1. The van der Waals surface area contributed by atoms with Crippen molar-refractivity contribution in [3.63, 3.8) is 0 Å². The number of thiol groups is 1. The van der Waals surface area contributed by atoms with E-state index < -0.39 is 5.97 Å². The summed E-state index contributed by atoms with van der Waals surface area (Å²) in [6.45, 7) is 6.76. The number of para-hydroxylation sites is 2. The summed E-state index contributed by atoms with van der Waals surface area (Å²) in [6, 6.07) is 13.5. The topological polar surface area (TPSA) is 126 Å². The quantitative estimate of drug-likeness (QED) is 0.215. The van der Waals surface area contributed by atoms with Crippen molar-refractivity contribution in [2.24, 2.45) is 5.92 Å². The fourth-order valence-electron chi connectivity index (χ4n) is 5.72. The highest BCUT2D eigenvalue weighted by Crippen LogP contribution is 2.34. The van der Waals surface area contributed by atoms with Gasteiger partial charge in [0.25, 0.3) is 0 Å². The van der Waals surface area contributed by atoms with Crippen LogP contribution in [0.3, 0.4) is 0 Å². The molecule has 2 aliphatic heterocycles. The molecular formula is C30H39ClN8O4S. The van der Waals surface area contributed by atoms with Crippen molar-refractivity contribution in [2.45, 2.75) is 12.8 Å². The maximum Gasteiger partial charge on any atom is 0.317 e. The maximum atomic E-state index is 11.4. The first kappa shape index (κ1) is 31.8. The van der Waals surface area contributed by atoms with Gasteiger partial charge >= 0.3 is 5.97 Å². The number of carbonyl (C=O) groups is 1. The van der Waals surface area contributed by atoms with Crippen LogP contribution < -0.4 is 24.6 Å². The van der Waals surface area contributed by atoms with Crippen LogP contribution in [0.5, 0.6) is 5.75 Å². The van der Waals surface area contributed by atoms with E-state index >= 15 is 0 Å². The molecule has 3 aromatic rings. The molecule has 44 heavy (non-hydrogen) atoms. The van der Waals surface area contributed by atoms with Gasteiger partial charge in [-0.15, -0.1) is 0 Å². The van der Waals surface area contributed by atoms with Gasteiger partial charge in [-0.2, -0.15) is 4.98 Å².